The van der Waals surface area contributed by atoms with Crippen LogP contribution in [0, 0.1) is 17.8 Å². The second kappa shape index (κ2) is 8.41. The Morgan fingerprint density at radius 2 is 2.11 bits per heavy atom. The SMILES string of the molecule is COCCCNC(=O)O[C@@H]1C[C@@H](C)CC[C@@H]1C(C)C. The third kappa shape index (κ3) is 5.81. The molecule has 1 fully saturated rings. The molecule has 0 heterocycles. The Hall–Kier alpha value is -0.770. The van der Waals surface area contributed by atoms with E-state index in [0.29, 0.717) is 30.9 Å². The van der Waals surface area contributed by atoms with Crippen LogP contribution in [0.1, 0.15) is 46.5 Å². The van der Waals surface area contributed by atoms with Crippen LogP contribution in [-0.4, -0.2) is 32.5 Å². The number of alkyl carbamates (subject to hydrolysis) is 1. The smallest absolute Gasteiger partial charge is 0.407 e. The number of hydrogen-bond acceptors (Lipinski definition) is 3. The van der Waals surface area contributed by atoms with Crippen molar-refractivity contribution in [1.29, 1.82) is 0 Å². The molecule has 3 atom stereocenters. The van der Waals surface area contributed by atoms with Crippen molar-refractivity contribution < 1.29 is 14.3 Å². The summed E-state index contributed by atoms with van der Waals surface area (Å²) in [6, 6.07) is 0. The zero-order valence-corrected chi connectivity index (χ0v) is 12.8. The molecule has 0 aromatic rings. The molecule has 112 valence electrons. The first-order valence-corrected chi connectivity index (χ1v) is 7.48. The second-order valence-corrected chi connectivity index (χ2v) is 6.04. The molecule has 0 aromatic carbocycles. The van der Waals surface area contributed by atoms with Crippen LogP contribution >= 0.6 is 0 Å². The first kappa shape index (κ1) is 16.3. The summed E-state index contributed by atoms with van der Waals surface area (Å²) in [5.74, 6) is 1.72. The largest absolute Gasteiger partial charge is 0.446 e. The number of methoxy groups -OCH3 is 1. The fourth-order valence-electron chi connectivity index (χ4n) is 2.84. The highest BCUT2D eigenvalue weighted by atomic mass is 16.6. The average Bonchev–Trinajstić information content (AvgIpc) is 2.34. The number of hydrogen-bond donors (Lipinski definition) is 1. The normalized spacial score (nSPS) is 27.3. The molecule has 0 spiro atoms. The van der Waals surface area contributed by atoms with Crippen LogP contribution in [0.2, 0.25) is 0 Å². The van der Waals surface area contributed by atoms with Gasteiger partial charge in [0.15, 0.2) is 0 Å². The van der Waals surface area contributed by atoms with E-state index in [0.717, 1.165) is 12.8 Å². The average molecular weight is 271 g/mol. The van der Waals surface area contributed by atoms with Gasteiger partial charge in [-0.1, -0.05) is 27.2 Å². The summed E-state index contributed by atoms with van der Waals surface area (Å²) >= 11 is 0. The molecule has 0 aromatic heterocycles. The Bertz CT molecular complexity index is 268. The molecule has 1 aliphatic rings. The standard InChI is InChI=1S/C15H29NO3/c1-11(2)13-7-6-12(3)10-14(13)19-15(17)16-8-5-9-18-4/h11-14H,5-10H2,1-4H3,(H,16,17)/t12-,13+,14+/m0/s1. The van der Waals surface area contributed by atoms with Crippen molar-refractivity contribution in [3.8, 4) is 0 Å². The first-order valence-electron chi connectivity index (χ1n) is 7.48. The predicted molar refractivity (Wildman–Crippen MR) is 76.1 cm³/mol. The molecule has 1 rings (SSSR count). The van der Waals surface area contributed by atoms with Crippen molar-refractivity contribution in [1.82, 2.24) is 5.32 Å². The molecular formula is C15H29NO3. The number of carbonyl (C=O) groups excluding carboxylic acids is 1. The summed E-state index contributed by atoms with van der Waals surface area (Å²) in [5, 5.41) is 2.80. The summed E-state index contributed by atoms with van der Waals surface area (Å²) in [7, 11) is 1.66. The number of nitrogens with one attached hydrogen (secondary N) is 1. The molecule has 0 bridgehead atoms. The Balaban J connectivity index is 2.36. The van der Waals surface area contributed by atoms with Gasteiger partial charge in [0.1, 0.15) is 6.10 Å². The third-order valence-corrected chi connectivity index (χ3v) is 4.01. The molecular weight excluding hydrogens is 242 g/mol. The van der Waals surface area contributed by atoms with E-state index < -0.39 is 0 Å². The lowest BCUT2D eigenvalue weighted by Gasteiger charge is -2.36. The van der Waals surface area contributed by atoms with E-state index in [1.54, 1.807) is 7.11 Å². The van der Waals surface area contributed by atoms with Crippen LogP contribution in [0.25, 0.3) is 0 Å². The van der Waals surface area contributed by atoms with E-state index in [1.807, 2.05) is 0 Å². The highest BCUT2D eigenvalue weighted by molar-refractivity contribution is 5.67. The quantitative estimate of drug-likeness (QED) is 0.755. The lowest BCUT2D eigenvalue weighted by atomic mass is 9.75. The van der Waals surface area contributed by atoms with Gasteiger partial charge in [0.2, 0.25) is 0 Å². The zero-order valence-electron chi connectivity index (χ0n) is 12.8. The molecule has 4 nitrogen and oxygen atoms in total. The minimum Gasteiger partial charge on any atom is -0.446 e. The van der Waals surface area contributed by atoms with E-state index in [-0.39, 0.29) is 12.2 Å². The van der Waals surface area contributed by atoms with Crippen LogP contribution in [0.3, 0.4) is 0 Å². The molecule has 0 radical (unpaired) electrons. The summed E-state index contributed by atoms with van der Waals surface area (Å²) in [5.41, 5.74) is 0. The van der Waals surface area contributed by atoms with Crippen molar-refractivity contribution in [3.63, 3.8) is 0 Å². The van der Waals surface area contributed by atoms with Gasteiger partial charge in [0.05, 0.1) is 0 Å². The van der Waals surface area contributed by atoms with Crippen LogP contribution in [-0.2, 0) is 9.47 Å². The maximum Gasteiger partial charge on any atom is 0.407 e. The molecule has 19 heavy (non-hydrogen) atoms. The van der Waals surface area contributed by atoms with E-state index in [1.165, 1.54) is 12.8 Å². The lowest BCUT2D eigenvalue weighted by Crippen LogP contribution is -2.39. The van der Waals surface area contributed by atoms with Crippen LogP contribution in [0.15, 0.2) is 0 Å². The number of carbonyl (C=O) groups is 1. The van der Waals surface area contributed by atoms with Crippen molar-refractivity contribution in [3.05, 3.63) is 0 Å². The van der Waals surface area contributed by atoms with Gasteiger partial charge in [-0.15, -0.1) is 0 Å². The summed E-state index contributed by atoms with van der Waals surface area (Å²) < 4.78 is 10.6. The van der Waals surface area contributed by atoms with Crippen molar-refractivity contribution >= 4 is 6.09 Å². The van der Waals surface area contributed by atoms with Gasteiger partial charge in [-0.05, 0) is 37.0 Å². The Labute approximate surface area is 117 Å². The molecule has 1 N–H and O–H groups in total. The van der Waals surface area contributed by atoms with Crippen LogP contribution in [0.5, 0.6) is 0 Å². The minimum absolute atomic E-state index is 0.0752. The van der Waals surface area contributed by atoms with Crippen LogP contribution in [0.4, 0.5) is 4.79 Å². The highest BCUT2D eigenvalue weighted by Gasteiger charge is 2.33. The summed E-state index contributed by atoms with van der Waals surface area (Å²) in [4.78, 5) is 11.8. The Morgan fingerprint density at radius 3 is 2.74 bits per heavy atom. The van der Waals surface area contributed by atoms with Crippen molar-refractivity contribution in [2.75, 3.05) is 20.3 Å². The third-order valence-electron chi connectivity index (χ3n) is 4.01. The fourth-order valence-corrected chi connectivity index (χ4v) is 2.84. The van der Waals surface area contributed by atoms with E-state index in [2.05, 4.69) is 26.1 Å². The van der Waals surface area contributed by atoms with Gasteiger partial charge in [-0.25, -0.2) is 4.79 Å². The minimum atomic E-state index is -0.277. The van der Waals surface area contributed by atoms with Gasteiger partial charge in [0.25, 0.3) is 0 Å². The van der Waals surface area contributed by atoms with Crippen LogP contribution < -0.4 is 5.32 Å². The van der Waals surface area contributed by atoms with E-state index >= 15 is 0 Å². The number of amides is 1. The van der Waals surface area contributed by atoms with Gasteiger partial charge in [0, 0.05) is 20.3 Å². The Morgan fingerprint density at radius 1 is 1.37 bits per heavy atom. The monoisotopic (exact) mass is 271 g/mol. The summed E-state index contributed by atoms with van der Waals surface area (Å²) in [6.07, 6.45) is 4.03. The van der Waals surface area contributed by atoms with Gasteiger partial charge >= 0.3 is 6.09 Å². The maximum absolute atomic E-state index is 11.8. The zero-order chi connectivity index (χ0) is 14.3. The highest BCUT2D eigenvalue weighted by Crippen LogP contribution is 2.35. The lowest BCUT2D eigenvalue weighted by molar-refractivity contribution is 0.00609. The Kier molecular flexibility index (Phi) is 7.21. The summed E-state index contributed by atoms with van der Waals surface area (Å²) in [6.45, 7) is 7.95. The topological polar surface area (TPSA) is 47.6 Å². The van der Waals surface area contributed by atoms with E-state index in [9.17, 15) is 4.79 Å². The molecule has 1 saturated carbocycles. The molecule has 0 saturated heterocycles. The molecule has 1 amide bonds. The van der Waals surface area contributed by atoms with Gasteiger partial charge < -0.3 is 14.8 Å². The van der Waals surface area contributed by atoms with Gasteiger partial charge in [-0.3, -0.25) is 0 Å². The predicted octanol–water partition coefficient (Wildman–Crippen LogP) is 3.21. The fraction of sp³-hybridized carbons (Fsp3) is 0.933. The molecule has 0 unspecified atom stereocenters. The molecule has 0 aliphatic heterocycles. The molecule has 4 heteroatoms. The van der Waals surface area contributed by atoms with E-state index in [4.69, 9.17) is 9.47 Å². The second-order valence-electron chi connectivity index (χ2n) is 6.04. The van der Waals surface area contributed by atoms with Crippen molar-refractivity contribution in [2.24, 2.45) is 17.8 Å². The van der Waals surface area contributed by atoms with Crippen molar-refractivity contribution in [2.45, 2.75) is 52.6 Å². The first-order chi connectivity index (χ1) is 9.04. The maximum atomic E-state index is 11.8. The number of rotatable bonds is 6. The van der Waals surface area contributed by atoms with Gasteiger partial charge in [-0.2, -0.15) is 0 Å². The number of ether oxygens (including phenoxy) is 2. The molecule has 1 aliphatic carbocycles.